The highest BCUT2D eigenvalue weighted by Crippen LogP contribution is 2.36. The Balaban J connectivity index is 0.000000201. The third-order valence-electron chi connectivity index (χ3n) is 10.2. The molecular weight excluding hydrogens is 891 g/mol. The highest BCUT2D eigenvalue weighted by atomic mass is 35.5. The van der Waals surface area contributed by atoms with Gasteiger partial charge >= 0.3 is 19.3 Å². The maximum absolute atomic E-state index is 11.8. The summed E-state index contributed by atoms with van der Waals surface area (Å²) >= 11 is 5.59. The molecule has 1 aliphatic rings. The number of halogens is 1. The number of hydrogen-bond acceptors (Lipinski definition) is 16. The fraction of sp³-hybridized carbons (Fsp3) is 0.435. The molecule has 0 radical (unpaired) electrons. The molecule has 0 saturated carbocycles. The van der Waals surface area contributed by atoms with E-state index in [1.807, 2.05) is 152 Å². The van der Waals surface area contributed by atoms with Gasteiger partial charge in [0.2, 0.25) is 17.2 Å². The van der Waals surface area contributed by atoms with Gasteiger partial charge in [0.05, 0.1) is 11.2 Å². The molecule has 0 spiro atoms. The minimum Gasteiger partial charge on any atom is -0.444 e. The van der Waals surface area contributed by atoms with Gasteiger partial charge in [0.1, 0.15) is 23.9 Å². The number of hydrogen-bond donors (Lipinski definition) is 4. The monoisotopic (exact) mass is 952 g/mol. The van der Waals surface area contributed by atoms with Gasteiger partial charge in [0.15, 0.2) is 17.5 Å². The first kappa shape index (κ1) is 52.3. The van der Waals surface area contributed by atoms with Crippen LogP contribution in [-0.4, -0.2) is 91.2 Å². The van der Waals surface area contributed by atoms with Crippen molar-refractivity contribution in [3.8, 4) is 11.4 Å². The van der Waals surface area contributed by atoms with Crippen LogP contribution in [0, 0.1) is 13.8 Å². The Morgan fingerprint density at radius 3 is 1.59 bits per heavy atom. The zero-order valence-electron chi connectivity index (χ0n) is 41.2. The van der Waals surface area contributed by atoms with E-state index in [0.29, 0.717) is 42.4 Å². The Hall–Kier alpha value is -6.71. The molecule has 5 heterocycles. The van der Waals surface area contributed by atoms with E-state index in [2.05, 4.69) is 61.4 Å². The summed E-state index contributed by atoms with van der Waals surface area (Å²) in [5.41, 5.74) is 4.20. The number of alkyl carbamates (subject to hydrolysis) is 2. The number of benzene rings is 2. The van der Waals surface area contributed by atoms with Crippen LogP contribution in [0.25, 0.3) is 11.4 Å². The van der Waals surface area contributed by atoms with Gasteiger partial charge in [0, 0.05) is 57.3 Å². The van der Waals surface area contributed by atoms with Gasteiger partial charge < -0.3 is 40.0 Å². The van der Waals surface area contributed by atoms with Crippen LogP contribution < -0.4 is 26.7 Å². The highest BCUT2D eigenvalue weighted by molar-refractivity contribution is 6.62. The van der Waals surface area contributed by atoms with Gasteiger partial charge in [-0.3, -0.25) is 9.36 Å². The number of carbonyl (C=O) groups is 2. The van der Waals surface area contributed by atoms with Crippen molar-refractivity contribution in [1.29, 1.82) is 0 Å². The van der Waals surface area contributed by atoms with Gasteiger partial charge in [-0.15, -0.1) is 0 Å². The number of amides is 2. The number of nitrogens with zero attached hydrogens (tertiary/aromatic N) is 10. The summed E-state index contributed by atoms with van der Waals surface area (Å²) in [6, 6.07) is 15.5. The molecule has 0 aliphatic carbocycles. The van der Waals surface area contributed by atoms with E-state index < -0.39 is 23.4 Å². The molecule has 0 bridgehead atoms. The SMILES string of the molecule is Cc1cc(-c2ncnc(Nc3ccn(C)n3)n2)ccc1CNC(=O)OC(C)(C)C.Cc1cc(B2OC(C)(C)C(C)(C)O2)ccc1CNC(=O)OC(C)(C)C.Cn1ccc(Nc2ncnc(Cl)n2)n1. The Bertz CT molecular complexity index is 2650. The van der Waals surface area contributed by atoms with E-state index in [0.717, 1.165) is 33.3 Å². The molecular formula is C46H62BClN14O6. The molecule has 4 aromatic heterocycles. The first-order valence-corrected chi connectivity index (χ1v) is 22.2. The fourth-order valence-electron chi connectivity index (χ4n) is 6.06. The molecule has 4 N–H and O–H groups in total. The third kappa shape index (κ3) is 16.0. The number of rotatable bonds is 10. The normalized spacial score (nSPS) is 13.8. The third-order valence-corrected chi connectivity index (χ3v) is 10.3. The molecule has 22 heteroatoms. The molecule has 0 atom stereocenters. The summed E-state index contributed by atoms with van der Waals surface area (Å²) in [4.78, 5) is 47.9. The van der Waals surface area contributed by atoms with Crippen LogP contribution in [0.2, 0.25) is 5.28 Å². The molecule has 1 saturated heterocycles. The van der Waals surface area contributed by atoms with Crippen LogP contribution in [0.3, 0.4) is 0 Å². The molecule has 0 unspecified atom stereocenters. The standard InChI is InChI=1S/C20H25N7O2.C19H30BNO4.C7H7ClN6/c1-13-10-14(6-7-15(13)11-21-19(28)29-20(2,3)4)17-22-12-23-18(25-17)24-16-8-9-27(5)26-16;1-13-11-15(20-24-18(5,6)19(7,8)25-20)10-9-14(13)12-21-16(22)23-17(2,3)4;1-14-3-2-5(13-14)11-7-10-4-9-6(8)12-7/h6-10,12H,11H2,1-5H3,(H,21,28)(H,22,23,24,25,26);9-11H,12H2,1-8H3,(H,21,22);2-4H,1H3,(H,9,10,11,12,13). The Morgan fingerprint density at radius 1 is 0.676 bits per heavy atom. The van der Waals surface area contributed by atoms with Crippen molar-refractivity contribution in [3.63, 3.8) is 0 Å². The van der Waals surface area contributed by atoms with Crippen molar-refractivity contribution in [2.75, 3.05) is 10.6 Å². The lowest BCUT2D eigenvalue weighted by Gasteiger charge is -2.32. The second-order valence-electron chi connectivity index (χ2n) is 18.8. The topological polar surface area (TPSA) is 232 Å². The number of nitrogens with one attached hydrogen (secondary N) is 4. The van der Waals surface area contributed by atoms with E-state index in [1.54, 1.807) is 15.4 Å². The Kier molecular flexibility index (Phi) is 16.9. The van der Waals surface area contributed by atoms with Crippen LogP contribution in [0.4, 0.5) is 33.1 Å². The van der Waals surface area contributed by atoms with Crippen molar-refractivity contribution in [1.82, 2.24) is 60.1 Å². The summed E-state index contributed by atoms with van der Waals surface area (Å²) in [5, 5.41) is 20.0. The summed E-state index contributed by atoms with van der Waals surface area (Å²) in [6.07, 6.45) is 5.58. The Morgan fingerprint density at radius 2 is 1.15 bits per heavy atom. The molecule has 1 aliphatic heterocycles. The van der Waals surface area contributed by atoms with Crippen LogP contribution in [0.5, 0.6) is 0 Å². The number of aryl methyl sites for hydroxylation is 4. The minimum absolute atomic E-state index is 0.151. The van der Waals surface area contributed by atoms with Crippen LogP contribution in [0.15, 0.2) is 73.6 Å². The molecule has 362 valence electrons. The Labute approximate surface area is 402 Å². The van der Waals surface area contributed by atoms with Crippen molar-refractivity contribution in [2.45, 2.75) is 119 Å². The summed E-state index contributed by atoms with van der Waals surface area (Å²) in [5.74, 6) is 2.66. The maximum Gasteiger partial charge on any atom is 0.494 e. The zero-order valence-corrected chi connectivity index (χ0v) is 42.0. The molecule has 20 nitrogen and oxygen atoms in total. The highest BCUT2D eigenvalue weighted by Gasteiger charge is 2.51. The van der Waals surface area contributed by atoms with E-state index in [9.17, 15) is 9.59 Å². The molecule has 68 heavy (non-hydrogen) atoms. The van der Waals surface area contributed by atoms with E-state index >= 15 is 0 Å². The van der Waals surface area contributed by atoms with E-state index in [1.165, 1.54) is 12.7 Å². The largest absolute Gasteiger partial charge is 0.494 e. The quantitative estimate of drug-likeness (QED) is 0.0965. The van der Waals surface area contributed by atoms with E-state index in [-0.39, 0.29) is 23.6 Å². The lowest BCUT2D eigenvalue weighted by Crippen LogP contribution is -2.41. The van der Waals surface area contributed by atoms with Gasteiger partial charge in [-0.25, -0.2) is 29.5 Å². The molecule has 1 fully saturated rings. The average molecular weight is 953 g/mol. The molecule has 2 aromatic carbocycles. The van der Waals surface area contributed by atoms with Crippen molar-refractivity contribution < 1.29 is 28.4 Å². The van der Waals surface area contributed by atoms with Crippen molar-refractivity contribution >= 4 is 59.9 Å². The van der Waals surface area contributed by atoms with Gasteiger partial charge in [-0.2, -0.15) is 20.2 Å². The average Bonchev–Trinajstić information content (AvgIpc) is 3.90. The minimum atomic E-state index is -0.525. The van der Waals surface area contributed by atoms with E-state index in [4.69, 9.17) is 30.4 Å². The molecule has 7 rings (SSSR count). The summed E-state index contributed by atoms with van der Waals surface area (Å²) < 4.78 is 26.1. The molecule has 6 aromatic rings. The summed E-state index contributed by atoms with van der Waals surface area (Å²) in [6.45, 7) is 24.0. The predicted octanol–water partition coefficient (Wildman–Crippen LogP) is 7.67. The number of carbonyl (C=O) groups excluding carboxylic acids is 2. The number of ether oxygens (including phenoxy) is 2. The zero-order chi connectivity index (χ0) is 50.0. The fourth-order valence-corrected chi connectivity index (χ4v) is 6.19. The molecule has 2 amide bonds. The van der Waals surface area contributed by atoms with Crippen LogP contribution in [0.1, 0.15) is 91.5 Å². The smallest absolute Gasteiger partial charge is 0.444 e. The predicted molar refractivity (Wildman–Crippen MR) is 261 cm³/mol. The van der Waals surface area contributed by atoms with Crippen molar-refractivity contribution in [2.24, 2.45) is 14.1 Å². The lowest BCUT2D eigenvalue weighted by molar-refractivity contribution is 0.00578. The number of aromatic nitrogens is 10. The number of anilines is 4. The van der Waals surface area contributed by atoms with Gasteiger partial charge in [-0.1, -0.05) is 30.3 Å². The van der Waals surface area contributed by atoms with Gasteiger partial charge in [-0.05, 0) is 128 Å². The second-order valence-corrected chi connectivity index (χ2v) is 19.2. The first-order chi connectivity index (χ1) is 31.7. The second kappa shape index (κ2) is 21.9. The first-order valence-electron chi connectivity index (χ1n) is 21.8. The van der Waals surface area contributed by atoms with Crippen LogP contribution >= 0.6 is 11.6 Å². The maximum atomic E-state index is 11.8. The lowest BCUT2D eigenvalue weighted by atomic mass is 9.78. The summed E-state index contributed by atoms with van der Waals surface area (Å²) in [7, 11) is 3.29. The van der Waals surface area contributed by atoms with Crippen molar-refractivity contribution in [3.05, 3.63) is 101 Å². The van der Waals surface area contributed by atoms with Gasteiger partial charge in [0.25, 0.3) is 0 Å². The van der Waals surface area contributed by atoms with Crippen LogP contribution in [-0.2, 0) is 46.0 Å².